The number of carbonyl (C=O) groups excluding carboxylic acids is 2. The molecule has 13 heavy (non-hydrogen) atoms. The number of hydrazine groups is 1. The molecule has 0 heterocycles. The maximum absolute atomic E-state index is 11.1. The van der Waals surface area contributed by atoms with Crippen molar-refractivity contribution in [1.29, 1.82) is 0 Å². The normalized spacial score (nSPS) is 13.2. The Morgan fingerprint density at radius 1 is 1.38 bits per heavy atom. The van der Waals surface area contributed by atoms with Gasteiger partial charge in [-0.15, -0.1) is 0 Å². The lowest BCUT2D eigenvalue weighted by Crippen LogP contribution is -2.48. The average Bonchev–Trinajstić information content (AvgIpc) is 1.96. The average molecular weight is 189 g/mol. The molecule has 0 aliphatic rings. The molecule has 0 saturated carbocycles. The Balaban J connectivity index is 4.56. The molecule has 2 amide bonds. The Hall–Kier alpha value is -1.30. The molecule has 1 unspecified atom stereocenters. The van der Waals surface area contributed by atoms with Crippen LogP contribution in [0.2, 0.25) is 0 Å². The summed E-state index contributed by atoms with van der Waals surface area (Å²) in [5.41, 5.74) is 6.16. The molecular formula is C7H15N3O3. The van der Waals surface area contributed by atoms with E-state index in [1.54, 1.807) is 20.8 Å². The first kappa shape index (κ1) is 11.7. The van der Waals surface area contributed by atoms with Gasteiger partial charge in [0, 0.05) is 5.41 Å². The topological polar surface area (TPSA) is 107 Å². The Labute approximate surface area is 76.6 Å². The summed E-state index contributed by atoms with van der Waals surface area (Å²) in [5.74, 6) is 4.34. The molecule has 0 aromatic heterocycles. The second-order valence-electron chi connectivity index (χ2n) is 3.69. The Bertz CT molecular complexity index is 210. The van der Waals surface area contributed by atoms with Crippen LogP contribution in [0.25, 0.3) is 0 Å². The number of primary amides is 1. The van der Waals surface area contributed by atoms with Crippen molar-refractivity contribution in [2.75, 3.05) is 0 Å². The van der Waals surface area contributed by atoms with Crippen molar-refractivity contribution in [3.63, 3.8) is 0 Å². The van der Waals surface area contributed by atoms with E-state index in [4.69, 9.17) is 11.6 Å². The highest BCUT2D eigenvalue weighted by Crippen LogP contribution is 2.22. The van der Waals surface area contributed by atoms with Crippen LogP contribution >= 0.6 is 0 Å². The lowest BCUT2D eigenvalue weighted by atomic mass is 9.88. The van der Waals surface area contributed by atoms with Gasteiger partial charge in [0.05, 0.1) is 0 Å². The van der Waals surface area contributed by atoms with Gasteiger partial charge in [-0.05, 0) is 0 Å². The molecule has 0 aliphatic heterocycles. The van der Waals surface area contributed by atoms with E-state index in [9.17, 15) is 9.59 Å². The highest BCUT2D eigenvalue weighted by atomic mass is 16.6. The zero-order valence-corrected chi connectivity index (χ0v) is 7.96. The summed E-state index contributed by atoms with van der Waals surface area (Å²) in [4.78, 5) is 21.6. The fourth-order valence-corrected chi connectivity index (χ4v) is 0.815. The van der Waals surface area contributed by atoms with Crippen molar-refractivity contribution in [1.82, 2.24) is 5.43 Å². The molecule has 1 atom stereocenters. The van der Waals surface area contributed by atoms with Gasteiger partial charge in [-0.2, -0.15) is 0 Å². The Kier molecular flexibility index (Phi) is 3.68. The summed E-state index contributed by atoms with van der Waals surface area (Å²) in [5, 5.41) is 0. The van der Waals surface area contributed by atoms with E-state index in [0.29, 0.717) is 0 Å². The van der Waals surface area contributed by atoms with Crippen molar-refractivity contribution in [2.45, 2.75) is 26.9 Å². The minimum Gasteiger partial charge on any atom is -0.436 e. The first-order valence-corrected chi connectivity index (χ1v) is 3.75. The third kappa shape index (κ3) is 3.75. The summed E-state index contributed by atoms with van der Waals surface area (Å²) < 4.78 is 4.61. The fourth-order valence-electron chi connectivity index (χ4n) is 0.815. The first-order valence-electron chi connectivity index (χ1n) is 3.75. The number of hydrogen-bond donors (Lipinski definition) is 3. The molecule has 0 aromatic carbocycles. The van der Waals surface area contributed by atoms with Gasteiger partial charge >= 0.3 is 6.09 Å². The molecule has 76 valence electrons. The van der Waals surface area contributed by atoms with Crippen LogP contribution in [0.4, 0.5) is 4.79 Å². The molecule has 0 saturated heterocycles. The van der Waals surface area contributed by atoms with Crippen molar-refractivity contribution in [3.8, 4) is 0 Å². The number of nitrogens with one attached hydrogen (secondary N) is 1. The standard InChI is InChI=1S/C7H15N3O3/c1-7(2,3)4(5(11)10-9)13-6(8)12/h4H,9H2,1-3H3,(H2,8,12)(H,10,11). The molecule has 5 N–H and O–H groups in total. The molecule has 0 bridgehead atoms. The van der Waals surface area contributed by atoms with E-state index in [1.165, 1.54) is 0 Å². The first-order chi connectivity index (χ1) is 5.79. The van der Waals surface area contributed by atoms with Gasteiger partial charge in [0.15, 0.2) is 6.10 Å². The number of rotatable bonds is 2. The van der Waals surface area contributed by atoms with E-state index >= 15 is 0 Å². The van der Waals surface area contributed by atoms with Crippen LogP contribution in [0.15, 0.2) is 0 Å². The quantitative estimate of drug-likeness (QED) is 0.309. The maximum Gasteiger partial charge on any atom is 0.405 e. The van der Waals surface area contributed by atoms with Crippen molar-refractivity contribution in [3.05, 3.63) is 0 Å². The minimum absolute atomic E-state index is 0.543. The van der Waals surface area contributed by atoms with Gasteiger partial charge in [-0.1, -0.05) is 20.8 Å². The highest BCUT2D eigenvalue weighted by Gasteiger charge is 2.34. The molecule has 0 fully saturated rings. The maximum atomic E-state index is 11.1. The van der Waals surface area contributed by atoms with Crippen LogP contribution in [0, 0.1) is 5.41 Å². The Morgan fingerprint density at radius 2 is 1.85 bits per heavy atom. The van der Waals surface area contributed by atoms with Gasteiger partial charge in [0.2, 0.25) is 0 Å². The molecule has 6 nitrogen and oxygen atoms in total. The van der Waals surface area contributed by atoms with Crippen LogP contribution < -0.4 is 17.0 Å². The molecule has 0 rings (SSSR count). The molecular weight excluding hydrogens is 174 g/mol. The smallest absolute Gasteiger partial charge is 0.405 e. The SMILES string of the molecule is CC(C)(C)C(OC(N)=O)C(=O)NN. The number of carbonyl (C=O) groups is 2. The number of amides is 2. The molecule has 6 heteroatoms. The fraction of sp³-hybridized carbons (Fsp3) is 0.714. The van der Waals surface area contributed by atoms with Crippen LogP contribution in [0.3, 0.4) is 0 Å². The van der Waals surface area contributed by atoms with Crippen molar-refractivity contribution >= 4 is 12.0 Å². The van der Waals surface area contributed by atoms with Crippen LogP contribution in [0.5, 0.6) is 0 Å². The monoisotopic (exact) mass is 189 g/mol. The number of nitrogens with two attached hydrogens (primary N) is 2. The third-order valence-electron chi connectivity index (χ3n) is 1.40. The number of ether oxygens (including phenoxy) is 1. The van der Waals surface area contributed by atoms with Gasteiger partial charge in [0.25, 0.3) is 5.91 Å². The van der Waals surface area contributed by atoms with Gasteiger partial charge < -0.3 is 10.5 Å². The zero-order chi connectivity index (χ0) is 10.6. The predicted octanol–water partition coefficient (Wildman–Crippen LogP) is -0.514. The van der Waals surface area contributed by atoms with E-state index < -0.39 is 23.5 Å². The second-order valence-corrected chi connectivity index (χ2v) is 3.69. The van der Waals surface area contributed by atoms with E-state index in [1.807, 2.05) is 5.43 Å². The van der Waals surface area contributed by atoms with Gasteiger partial charge in [0.1, 0.15) is 0 Å². The van der Waals surface area contributed by atoms with E-state index in [0.717, 1.165) is 0 Å². The minimum atomic E-state index is -0.997. The highest BCUT2D eigenvalue weighted by molar-refractivity contribution is 5.83. The summed E-state index contributed by atoms with van der Waals surface area (Å²) >= 11 is 0. The lowest BCUT2D eigenvalue weighted by Gasteiger charge is -2.27. The summed E-state index contributed by atoms with van der Waals surface area (Å²) in [6, 6.07) is 0. The summed E-state index contributed by atoms with van der Waals surface area (Å²) in [6.07, 6.45) is -1.97. The zero-order valence-electron chi connectivity index (χ0n) is 7.96. The largest absolute Gasteiger partial charge is 0.436 e. The lowest BCUT2D eigenvalue weighted by molar-refractivity contribution is -0.134. The molecule has 0 aliphatic carbocycles. The summed E-state index contributed by atoms with van der Waals surface area (Å²) in [6.45, 7) is 5.20. The Morgan fingerprint density at radius 3 is 2.08 bits per heavy atom. The molecule has 0 radical (unpaired) electrons. The predicted molar refractivity (Wildman–Crippen MR) is 46.2 cm³/mol. The van der Waals surface area contributed by atoms with E-state index in [-0.39, 0.29) is 0 Å². The number of hydrogen-bond acceptors (Lipinski definition) is 4. The summed E-state index contributed by atoms with van der Waals surface area (Å²) in [7, 11) is 0. The van der Waals surface area contributed by atoms with Crippen molar-refractivity contribution < 1.29 is 14.3 Å². The van der Waals surface area contributed by atoms with E-state index in [2.05, 4.69) is 4.74 Å². The second kappa shape index (κ2) is 4.08. The molecule has 0 spiro atoms. The van der Waals surface area contributed by atoms with Gasteiger partial charge in [-0.25, -0.2) is 10.6 Å². The van der Waals surface area contributed by atoms with Gasteiger partial charge in [-0.3, -0.25) is 10.2 Å². The third-order valence-corrected chi connectivity index (χ3v) is 1.40. The van der Waals surface area contributed by atoms with Crippen molar-refractivity contribution in [2.24, 2.45) is 17.0 Å². The molecule has 0 aromatic rings. The van der Waals surface area contributed by atoms with Crippen LogP contribution in [-0.2, 0) is 9.53 Å². The van der Waals surface area contributed by atoms with Crippen LogP contribution in [0.1, 0.15) is 20.8 Å². The van der Waals surface area contributed by atoms with Crippen LogP contribution in [-0.4, -0.2) is 18.1 Å².